The van der Waals surface area contributed by atoms with E-state index in [1.54, 1.807) is 11.1 Å². The normalized spacial score (nSPS) is 43.8. The van der Waals surface area contributed by atoms with Crippen LogP contribution in [0.5, 0.6) is 0 Å². The zero-order valence-electron chi connectivity index (χ0n) is 19.6. The molecule has 160 valence electrons. The fourth-order valence-electron chi connectivity index (χ4n) is 8.63. The first kappa shape index (κ1) is 21.2. The second-order valence-corrected chi connectivity index (χ2v) is 11.5. The van der Waals surface area contributed by atoms with Crippen LogP contribution in [0.4, 0.5) is 0 Å². The molecule has 0 bridgehead atoms. The highest BCUT2D eigenvalue weighted by atomic mass is 14.7. The zero-order valence-corrected chi connectivity index (χ0v) is 19.6. The molecule has 0 aliphatic heterocycles. The predicted molar refractivity (Wildman–Crippen MR) is 127 cm³/mol. The van der Waals surface area contributed by atoms with Crippen molar-refractivity contribution in [1.29, 1.82) is 0 Å². The Balaban J connectivity index is 1.71. The summed E-state index contributed by atoms with van der Waals surface area (Å²) in [5.74, 6) is 3.19. The van der Waals surface area contributed by atoms with Gasteiger partial charge in [-0.25, -0.2) is 0 Å². The molecule has 0 nitrogen and oxygen atoms in total. The number of hydrogen-bond donors (Lipinski definition) is 0. The van der Waals surface area contributed by atoms with Crippen molar-refractivity contribution < 1.29 is 0 Å². The molecule has 4 rings (SSSR count). The minimum Gasteiger partial charge on any atom is -0.103 e. The lowest BCUT2D eigenvalue weighted by Gasteiger charge is -2.60. The van der Waals surface area contributed by atoms with Crippen LogP contribution in [0.3, 0.4) is 0 Å². The topological polar surface area (TPSA) is 0 Å². The van der Waals surface area contributed by atoms with E-state index in [1.165, 1.54) is 57.8 Å². The van der Waals surface area contributed by atoms with Crippen LogP contribution in [0.25, 0.3) is 0 Å². The predicted octanol–water partition coefficient (Wildman–Crippen LogP) is 8.67. The Morgan fingerprint density at radius 1 is 1.14 bits per heavy atom. The molecule has 4 aliphatic rings. The molecule has 0 heterocycles. The zero-order chi connectivity index (χ0) is 20.9. The lowest BCUT2D eigenvalue weighted by Crippen LogP contribution is -2.52. The summed E-state index contributed by atoms with van der Waals surface area (Å²) in [5, 5.41) is 0. The van der Waals surface area contributed by atoms with Crippen molar-refractivity contribution in [2.75, 3.05) is 0 Å². The minimum atomic E-state index is 0.321. The summed E-state index contributed by atoms with van der Waals surface area (Å²) >= 11 is 0. The Labute approximate surface area is 180 Å². The summed E-state index contributed by atoms with van der Waals surface area (Å²) in [6.45, 7) is 18.8. The molecule has 0 aromatic rings. The highest BCUT2D eigenvalue weighted by molar-refractivity contribution is 5.31. The van der Waals surface area contributed by atoms with Gasteiger partial charge in [0, 0.05) is 5.41 Å². The van der Waals surface area contributed by atoms with Crippen molar-refractivity contribution in [3.05, 3.63) is 48.6 Å². The average molecular weight is 393 g/mol. The number of fused-ring (bicyclic) bond motifs is 5. The number of rotatable bonds is 5. The van der Waals surface area contributed by atoms with E-state index in [0.717, 1.165) is 24.2 Å². The van der Waals surface area contributed by atoms with E-state index >= 15 is 0 Å². The van der Waals surface area contributed by atoms with Crippen LogP contribution >= 0.6 is 0 Å². The SMILES string of the molecule is C=CCCC1(C(=C)C(C)C)CCC2C3CCC4=CCCC=CC4(C)C3CCC21C. The summed E-state index contributed by atoms with van der Waals surface area (Å²) in [7, 11) is 0. The largest absolute Gasteiger partial charge is 0.103 e. The van der Waals surface area contributed by atoms with E-state index in [9.17, 15) is 0 Å². The Morgan fingerprint density at radius 2 is 1.90 bits per heavy atom. The van der Waals surface area contributed by atoms with Gasteiger partial charge >= 0.3 is 0 Å². The van der Waals surface area contributed by atoms with Gasteiger partial charge in [0.15, 0.2) is 0 Å². The summed E-state index contributed by atoms with van der Waals surface area (Å²) in [4.78, 5) is 0. The third kappa shape index (κ3) is 2.99. The van der Waals surface area contributed by atoms with Gasteiger partial charge in [0.1, 0.15) is 0 Å². The van der Waals surface area contributed by atoms with Gasteiger partial charge in [-0.2, -0.15) is 0 Å². The molecule has 0 aromatic carbocycles. The summed E-state index contributed by atoms with van der Waals surface area (Å²) in [5.41, 5.74) is 4.37. The molecule has 0 saturated heterocycles. The first-order valence-electron chi connectivity index (χ1n) is 12.5. The molecule has 0 amide bonds. The van der Waals surface area contributed by atoms with Crippen LogP contribution in [0, 0.1) is 39.9 Å². The van der Waals surface area contributed by atoms with Gasteiger partial charge in [-0.05, 0) is 98.7 Å². The van der Waals surface area contributed by atoms with Crippen molar-refractivity contribution >= 4 is 0 Å². The molecule has 4 aliphatic carbocycles. The molecule has 3 fully saturated rings. The molecular weight excluding hydrogens is 348 g/mol. The fourth-order valence-corrected chi connectivity index (χ4v) is 8.63. The Morgan fingerprint density at radius 3 is 2.62 bits per heavy atom. The maximum absolute atomic E-state index is 4.74. The molecule has 0 N–H and O–H groups in total. The second-order valence-electron chi connectivity index (χ2n) is 11.5. The van der Waals surface area contributed by atoms with Gasteiger partial charge in [-0.1, -0.05) is 69.7 Å². The van der Waals surface area contributed by atoms with Crippen LogP contribution in [0.1, 0.15) is 91.9 Å². The maximum atomic E-state index is 4.74. The molecular formula is C29H44. The maximum Gasteiger partial charge on any atom is 0.00934 e. The van der Waals surface area contributed by atoms with Crippen molar-refractivity contribution in [3.63, 3.8) is 0 Å². The first-order chi connectivity index (χ1) is 13.8. The molecule has 0 aromatic heterocycles. The lowest BCUT2D eigenvalue weighted by molar-refractivity contribution is -0.0601. The van der Waals surface area contributed by atoms with E-state index in [1.807, 2.05) is 0 Å². The van der Waals surface area contributed by atoms with Crippen molar-refractivity contribution in [1.82, 2.24) is 0 Å². The fraction of sp³-hybridized carbons (Fsp3) is 0.724. The van der Waals surface area contributed by atoms with Gasteiger partial charge in [0.2, 0.25) is 0 Å². The molecule has 6 unspecified atom stereocenters. The first-order valence-corrected chi connectivity index (χ1v) is 12.5. The highest BCUT2D eigenvalue weighted by Gasteiger charge is 2.64. The van der Waals surface area contributed by atoms with Crippen LogP contribution in [0.15, 0.2) is 48.6 Å². The van der Waals surface area contributed by atoms with Crippen molar-refractivity contribution in [3.8, 4) is 0 Å². The second kappa shape index (κ2) is 7.58. The molecule has 0 radical (unpaired) electrons. The number of hydrogen-bond acceptors (Lipinski definition) is 0. The standard InChI is InChI=1S/C29H44/c1-7-8-18-29(22(4)21(2)3)20-16-26-24-14-13-23-12-10-9-11-17-27(23,5)25(24)15-19-28(26,29)6/h7,11-12,17,21,24-26H,1,4,8-10,13-16,18-20H2,2-3,5-6H3. The minimum absolute atomic E-state index is 0.321. The van der Waals surface area contributed by atoms with Crippen LogP contribution < -0.4 is 0 Å². The summed E-state index contributed by atoms with van der Waals surface area (Å²) in [6.07, 6.45) is 23.1. The van der Waals surface area contributed by atoms with E-state index < -0.39 is 0 Å². The molecule has 6 atom stereocenters. The third-order valence-electron chi connectivity index (χ3n) is 10.3. The quantitative estimate of drug-likeness (QED) is 0.410. The van der Waals surface area contributed by atoms with E-state index in [4.69, 9.17) is 6.58 Å². The molecule has 0 spiro atoms. The average Bonchev–Trinajstić information content (AvgIpc) is 2.85. The monoisotopic (exact) mass is 392 g/mol. The Kier molecular flexibility index (Phi) is 5.54. The Hall–Kier alpha value is -1.04. The van der Waals surface area contributed by atoms with Crippen LogP contribution in [-0.4, -0.2) is 0 Å². The molecule has 0 heteroatoms. The van der Waals surface area contributed by atoms with Crippen LogP contribution in [-0.2, 0) is 0 Å². The van der Waals surface area contributed by atoms with Crippen molar-refractivity contribution in [2.24, 2.45) is 39.9 Å². The highest BCUT2D eigenvalue weighted by Crippen LogP contribution is 2.72. The molecule has 3 saturated carbocycles. The van der Waals surface area contributed by atoms with Gasteiger partial charge in [-0.3, -0.25) is 0 Å². The van der Waals surface area contributed by atoms with Gasteiger partial charge in [0.25, 0.3) is 0 Å². The van der Waals surface area contributed by atoms with Crippen LogP contribution in [0.2, 0.25) is 0 Å². The lowest BCUT2D eigenvalue weighted by atomic mass is 9.45. The summed E-state index contributed by atoms with van der Waals surface area (Å²) < 4.78 is 0. The van der Waals surface area contributed by atoms with E-state index in [0.29, 0.717) is 22.2 Å². The Bertz CT molecular complexity index is 720. The van der Waals surface area contributed by atoms with Gasteiger partial charge in [0.05, 0.1) is 0 Å². The number of allylic oxidation sites excluding steroid dienone is 6. The summed E-state index contributed by atoms with van der Waals surface area (Å²) in [6, 6.07) is 0. The van der Waals surface area contributed by atoms with Gasteiger partial charge in [-0.15, -0.1) is 6.58 Å². The van der Waals surface area contributed by atoms with Gasteiger partial charge < -0.3 is 0 Å². The van der Waals surface area contributed by atoms with Crippen molar-refractivity contribution in [2.45, 2.75) is 91.9 Å². The third-order valence-corrected chi connectivity index (χ3v) is 10.3. The smallest absolute Gasteiger partial charge is 0.00934 e. The van der Waals surface area contributed by atoms with E-state index in [-0.39, 0.29) is 0 Å². The molecule has 29 heavy (non-hydrogen) atoms. The van der Waals surface area contributed by atoms with E-state index in [2.05, 4.69) is 58.6 Å².